The van der Waals surface area contributed by atoms with Crippen molar-refractivity contribution in [3.63, 3.8) is 0 Å². The molecule has 1 aliphatic heterocycles. The zero-order chi connectivity index (χ0) is 17.9. The highest BCUT2D eigenvalue weighted by Crippen LogP contribution is 2.32. The van der Waals surface area contributed by atoms with Crippen LogP contribution in [-0.2, 0) is 10.3 Å². The van der Waals surface area contributed by atoms with Crippen LogP contribution in [0.3, 0.4) is 0 Å². The Kier molecular flexibility index (Phi) is 4.74. The summed E-state index contributed by atoms with van der Waals surface area (Å²) in [6, 6.07) is 19.0. The third-order valence-corrected chi connectivity index (χ3v) is 4.83. The Bertz CT molecular complexity index is 748. The topological polar surface area (TPSA) is 52.7 Å². The third-order valence-electron chi connectivity index (χ3n) is 4.83. The van der Waals surface area contributed by atoms with Crippen LogP contribution in [0.4, 0.5) is 10.5 Å². The SMILES string of the molecule is CCC1(c2ccccc2)NC(=O)N(CCN(C)c2ccccc2)C1=O. The van der Waals surface area contributed by atoms with Gasteiger partial charge in [-0.15, -0.1) is 0 Å². The van der Waals surface area contributed by atoms with Gasteiger partial charge < -0.3 is 10.2 Å². The summed E-state index contributed by atoms with van der Waals surface area (Å²) < 4.78 is 0. The van der Waals surface area contributed by atoms with E-state index < -0.39 is 5.54 Å². The minimum absolute atomic E-state index is 0.173. The second kappa shape index (κ2) is 6.97. The number of amides is 3. The van der Waals surface area contributed by atoms with Crippen LogP contribution in [0, 0.1) is 0 Å². The Balaban J connectivity index is 1.75. The van der Waals surface area contributed by atoms with E-state index in [0.29, 0.717) is 19.5 Å². The molecule has 130 valence electrons. The quantitative estimate of drug-likeness (QED) is 0.825. The minimum atomic E-state index is -0.955. The second-order valence-electron chi connectivity index (χ2n) is 6.27. The maximum absolute atomic E-state index is 13.0. The van der Waals surface area contributed by atoms with Crippen molar-refractivity contribution in [2.45, 2.75) is 18.9 Å². The molecular formula is C20H23N3O2. The molecule has 1 atom stereocenters. The van der Waals surface area contributed by atoms with Crippen LogP contribution in [0.1, 0.15) is 18.9 Å². The summed E-state index contributed by atoms with van der Waals surface area (Å²) in [5, 5.41) is 2.92. The van der Waals surface area contributed by atoms with Crippen LogP contribution < -0.4 is 10.2 Å². The smallest absolute Gasteiger partial charge is 0.325 e. The molecule has 2 aromatic carbocycles. The molecule has 3 rings (SSSR count). The first-order chi connectivity index (χ1) is 12.1. The molecule has 0 radical (unpaired) electrons. The molecule has 0 aliphatic carbocycles. The van der Waals surface area contributed by atoms with Gasteiger partial charge in [0.15, 0.2) is 0 Å². The van der Waals surface area contributed by atoms with Gasteiger partial charge in [-0.2, -0.15) is 0 Å². The van der Waals surface area contributed by atoms with Gasteiger partial charge in [0.2, 0.25) is 0 Å². The molecule has 5 nitrogen and oxygen atoms in total. The zero-order valence-corrected chi connectivity index (χ0v) is 14.6. The lowest BCUT2D eigenvalue weighted by Gasteiger charge is -2.26. The Labute approximate surface area is 148 Å². The Morgan fingerprint density at radius 1 is 1.00 bits per heavy atom. The predicted molar refractivity (Wildman–Crippen MR) is 98.4 cm³/mol. The normalized spacial score (nSPS) is 19.8. The summed E-state index contributed by atoms with van der Waals surface area (Å²) >= 11 is 0. The van der Waals surface area contributed by atoms with E-state index in [2.05, 4.69) is 5.32 Å². The molecule has 0 aromatic heterocycles. The monoisotopic (exact) mass is 337 g/mol. The number of carbonyl (C=O) groups is 2. The Morgan fingerprint density at radius 2 is 1.60 bits per heavy atom. The first-order valence-electron chi connectivity index (χ1n) is 8.54. The Hall–Kier alpha value is -2.82. The predicted octanol–water partition coefficient (Wildman–Crippen LogP) is 2.98. The fourth-order valence-electron chi connectivity index (χ4n) is 3.25. The summed E-state index contributed by atoms with van der Waals surface area (Å²) in [7, 11) is 1.96. The number of urea groups is 1. The van der Waals surface area contributed by atoms with Gasteiger partial charge in [-0.25, -0.2) is 4.79 Å². The lowest BCUT2D eigenvalue weighted by atomic mass is 9.87. The molecule has 5 heteroatoms. The van der Waals surface area contributed by atoms with E-state index in [1.165, 1.54) is 4.90 Å². The molecular weight excluding hydrogens is 314 g/mol. The van der Waals surface area contributed by atoms with E-state index in [1.54, 1.807) is 0 Å². The number of hydrogen-bond donors (Lipinski definition) is 1. The molecule has 1 saturated heterocycles. The van der Waals surface area contributed by atoms with E-state index in [4.69, 9.17) is 0 Å². The van der Waals surface area contributed by atoms with E-state index in [1.807, 2.05) is 79.5 Å². The van der Waals surface area contributed by atoms with E-state index in [9.17, 15) is 9.59 Å². The van der Waals surface area contributed by atoms with Crippen molar-refractivity contribution in [3.8, 4) is 0 Å². The largest absolute Gasteiger partial charge is 0.373 e. The lowest BCUT2D eigenvalue weighted by Crippen LogP contribution is -2.44. The van der Waals surface area contributed by atoms with Crippen molar-refractivity contribution in [2.75, 3.05) is 25.0 Å². The summed E-state index contributed by atoms with van der Waals surface area (Å²) in [5.74, 6) is -0.173. The van der Waals surface area contributed by atoms with Gasteiger partial charge in [-0.05, 0) is 24.1 Å². The molecule has 0 saturated carbocycles. The number of carbonyl (C=O) groups excluding carboxylic acids is 2. The molecule has 25 heavy (non-hydrogen) atoms. The number of benzene rings is 2. The van der Waals surface area contributed by atoms with E-state index in [-0.39, 0.29) is 11.9 Å². The van der Waals surface area contributed by atoms with Crippen molar-refractivity contribution in [1.29, 1.82) is 0 Å². The van der Waals surface area contributed by atoms with Crippen LogP contribution in [0.25, 0.3) is 0 Å². The average molecular weight is 337 g/mol. The number of anilines is 1. The maximum atomic E-state index is 13.0. The first-order valence-corrected chi connectivity index (χ1v) is 8.54. The standard InChI is InChI=1S/C20H23N3O2/c1-3-20(16-10-6-4-7-11-16)18(24)23(19(25)21-20)15-14-22(2)17-12-8-5-9-13-17/h4-13H,3,14-15H2,1-2H3,(H,21,25). The molecule has 0 bridgehead atoms. The highest BCUT2D eigenvalue weighted by Gasteiger charge is 2.50. The van der Waals surface area contributed by atoms with Crippen molar-refractivity contribution in [3.05, 3.63) is 66.2 Å². The van der Waals surface area contributed by atoms with Crippen molar-refractivity contribution in [1.82, 2.24) is 10.2 Å². The number of nitrogens with zero attached hydrogens (tertiary/aromatic N) is 2. The highest BCUT2D eigenvalue weighted by atomic mass is 16.2. The molecule has 1 aliphatic rings. The second-order valence-corrected chi connectivity index (χ2v) is 6.27. The van der Waals surface area contributed by atoms with Gasteiger partial charge in [-0.1, -0.05) is 55.5 Å². The summed E-state index contributed by atoms with van der Waals surface area (Å²) in [6.07, 6.45) is 0.520. The Morgan fingerprint density at radius 3 is 2.20 bits per heavy atom. The number of likely N-dealkylation sites (N-methyl/N-ethyl adjacent to an activating group) is 1. The number of hydrogen-bond acceptors (Lipinski definition) is 3. The molecule has 1 heterocycles. The van der Waals surface area contributed by atoms with Crippen molar-refractivity contribution in [2.24, 2.45) is 0 Å². The summed E-state index contributed by atoms with van der Waals surface area (Å²) in [5.41, 5.74) is 0.929. The fourth-order valence-corrected chi connectivity index (χ4v) is 3.25. The van der Waals surface area contributed by atoms with Gasteiger partial charge in [0.25, 0.3) is 5.91 Å². The van der Waals surface area contributed by atoms with E-state index in [0.717, 1.165) is 11.3 Å². The minimum Gasteiger partial charge on any atom is -0.373 e. The third kappa shape index (κ3) is 3.09. The van der Waals surface area contributed by atoms with Crippen molar-refractivity contribution < 1.29 is 9.59 Å². The van der Waals surface area contributed by atoms with Crippen LogP contribution in [0.2, 0.25) is 0 Å². The van der Waals surface area contributed by atoms with Gasteiger partial charge in [-0.3, -0.25) is 9.69 Å². The highest BCUT2D eigenvalue weighted by molar-refractivity contribution is 6.07. The van der Waals surface area contributed by atoms with E-state index >= 15 is 0 Å². The number of imide groups is 1. The number of nitrogens with one attached hydrogen (secondary N) is 1. The van der Waals surface area contributed by atoms with Gasteiger partial charge in [0.05, 0.1) is 0 Å². The van der Waals surface area contributed by atoms with Gasteiger partial charge in [0.1, 0.15) is 5.54 Å². The molecule has 3 amide bonds. The van der Waals surface area contributed by atoms with Crippen LogP contribution in [0.15, 0.2) is 60.7 Å². The number of rotatable bonds is 6. The molecule has 2 aromatic rings. The first kappa shape index (κ1) is 17.0. The van der Waals surface area contributed by atoms with Crippen LogP contribution >= 0.6 is 0 Å². The maximum Gasteiger partial charge on any atom is 0.325 e. The average Bonchev–Trinajstić information content (AvgIpc) is 2.92. The van der Waals surface area contributed by atoms with Gasteiger partial charge in [0, 0.05) is 25.8 Å². The lowest BCUT2D eigenvalue weighted by molar-refractivity contribution is -0.131. The fraction of sp³-hybridized carbons (Fsp3) is 0.300. The molecule has 1 unspecified atom stereocenters. The van der Waals surface area contributed by atoms with Gasteiger partial charge >= 0.3 is 6.03 Å². The summed E-state index contributed by atoms with van der Waals surface area (Å²) in [6.45, 7) is 2.85. The number of para-hydroxylation sites is 1. The zero-order valence-electron chi connectivity index (χ0n) is 14.6. The molecule has 1 fully saturated rings. The molecule has 1 N–H and O–H groups in total. The summed E-state index contributed by atoms with van der Waals surface area (Å²) in [4.78, 5) is 28.9. The molecule has 0 spiro atoms. The van der Waals surface area contributed by atoms with Crippen LogP contribution in [0.5, 0.6) is 0 Å². The van der Waals surface area contributed by atoms with Crippen molar-refractivity contribution >= 4 is 17.6 Å². The van der Waals surface area contributed by atoms with Crippen LogP contribution in [-0.4, -0.2) is 37.0 Å².